The molecule has 0 radical (unpaired) electrons. The van der Waals surface area contributed by atoms with Crippen LogP contribution in [-0.4, -0.2) is 24.4 Å². The van der Waals surface area contributed by atoms with Crippen LogP contribution < -0.4 is 10.6 Å². The molecule has 1 aliphatic rings. The fraction of sp³-hybridized carbons (Fsp3) is 0.846. The zero-order valence-corrected chi connectivity index (χ0v) is 11.1. The first-order valence-electron chi connectivity index (χ1n) is 6.65. The van der Waals surface area contributed by atoms with E-state index in [0.717, 1.165) is 12.8 Å². The molecule has 0 saturated carbocycles. The van der Waals surface area contributed by atoms with Gasteiger partial charge in [-0.1, -0.05) is 26.7 Å². The second-order valence-corrected chi connectivity index (χ2v) is 4.91. The van der Waals surface area contributed by atoms with Gasteiger partial charge in [0.1, 0.15) is 0 Å². The number of hydrogen-bond acceptors (Lipinski definition) is 2. The van der Waals surface area contributed by atoms with E-state index >= 15 is 0 Å². The minimum Gasteiger partial charge on any atom is -0.355 e. The van der Waals surface area contributed by atoms with Gasteiger partial charge < -0.3 is 10.6 Å². The SMILES string of the molecule is CCC(CC)C(C)NC(=O)C1CCC(=O)NC1. The Kier molecular flexibility index (Phi) is 5.45. The number of rotatable bonds is 5. The highest BCUT2D eigenvalue weighted by Gasteiger charge is 2.26. The highest BCUT2D eigenvalue weighted by Crippen LogP contribution is 2.15. The molecular weight excluding hydrogens is 216 g/mol. The van der Waals surface area contributed by atoms with Crippen molar-refractivity contribution in [2.24, 2.45) is 11.8 Å². The fourth-order valence-electron chi connectivity index (χ4n) is 2.41. The van der Waals surface area contributed by atoms with Crippen LogP contribution in [0.15, 0.2) is 0 Å². The van der Waals surface area contributed by atoms with Crippen molar-refractivity contribution in [2.45, 2.75) is 52.5 Å². The number of amides is 2. The van der Waals surface area contributed by atoms with Crippen LogP contribution in [0, 0.1) is 11.8 Å². The smallest absolute Gasteiger partial charge is 0.225 e. The molecule has 1 fully saturated rings. The zero-order valence-electron chi connectivity index (χ0n) is 11.1. The molecule has 0 aromatic carbocycles. The predicted molar refractivity (Wildman–Crippen MR) is 67.4 cm³/mol. The molecule has 2 atom stereocenters. The summed E-state index contributed by atoms with van der Waals surface area (Å²) in [5.74, 6) is 0.633. The van der Waals surface area contributed by atoms with Crippen molar-refractivity contribution < 1.29 is 9.59 Å². The first-order chi connectivity index (χ1) is 8.08. The van der Waals surface area contributed by atoms with Crippen molar-refractivity contribution in [2.75, 3.05) is 6.54 Å². The summed E-state index contributed by atoms with van der Waals surface area (Å²) in [7, 11) is 0. The maximum atomic E-state index is 12.0. The van der Waals surface area contributed by atoms with Gasteiger partial charge in [-0.15, -0.1) is 0 Å². The van der Waals surface area contributed by atoms with E-state index in [1.54, 1.807) is 0 Å². The van der Waals surface area contributed by atoms with Gasteiger partial charge in [0, 0.05) is 19.0 Å². The van der Waals surface area contributed by atoms with E-state index in [1.165, 1.54) is 0 Å². The van der Waals surface area contributed by atoms with E-state index in [4.69, 9.17) is 0 Å². The number of hydrogen-bond donors (Lipinski definition) is 2. The monoisotopic (exact) mass is 240 g/mol. The van der Waals surface area contributed by atoms with E-state index in [0.29, 0.717) is 25.3 Å². The Morgan fingerprint density at radius 2 is 2.12 bits per heavy atom. The lowest BCUT2D eigenvalue weighted by atomic mass is 9.93. The van der Waals surface area contributed by atoms with Crippen molar-refractivity contribution in [3.63, 3.8) is 0 Å². The average molecular weight is 240 g/mol. The van der Waals surface area contributed by atoms with Gasteiger partial charge in [0.05, 0.1) is 5.92 Å². The van der Waals surface area contributed by atoms with Gasteiger partial charge in [0.25, 0.3) is 0 Å². The Morgan fingerprint density at radius 3 is 2.59 bits per heavy atom. The molecule has 1 rings (SSSR count). The van der Waals surface area contributed by atoms with Gasteiger partial charge in [-0.3, -0.25) is 9.59 Å². The number of carbonyl (C=O) groups is 2. The van der Waals surface area contributed by atoms with Crippen LogP contribution in [0.5, 0.6) is 0 Å². The molecule has 2 amide bonds. The Labute approximate surface area is 104 Å². The molecule has 0 aromatic heterocycles. The normalized spacial score (nSPS) is 22.1. The van der Waals surface area contributed by atoms with Crippen molar-refractivity contribution in [3.05, 3.63) is 0 Å². The van der Waals surface area contributed by atoms with E-state index < -0.39 is 0 Å². The zero-order chi connectivity index (χ0) is 12.8. The minimum absolute atomic E-state index is 0.0514. The summed E-state index contributed by atoms with van der Waals surface area (Å²) in [4.78, 5) is 23.0. The minimum atomic E-state index is -0.0514. The maximum Gasteiger partial charge on any atom is 0.225 e. The summed E-state index contributed by atoms with van der Waals surface area (Å²) in [6, 6.07) is 0.218. The molecule has 1 aliphatic heterocycles. The van der Waals surface area contributed by atoms with Crippen molar-refractivity contribution in [1.29, 1.82) is 0 Å². The third kappa shape index (κ3) is 4.02. The molecular formula is C13H24N2O2. The maximum absolute atomic E-state index is 12.0. The standard InChI is InChI=1S/C13H24N2O2/c1-4-10(5-2)9(3)15-13(17)11-6-7-12(16)14-8-11/h9-11H,4-8H2,1-3H3,(H,14,16)(H,15,17). The molecule has 1 heterocycles. The van der Waals surface area contributed by atoms with Gasteiger partial charge in [0.15, 0.2) is 0 Å². The molecule has 0 bridgehead atoms. The Morgan fingerprint density at radius 1 is 1.47 bits per heavy atom. The van der Waals surface area contributed by atoms with Gasteiger partial charge in [-0.05, 0) is 19.3 Å². The summed E-state index contributed by atoms with van der Waals surface area (Å²) in [5.41, 5.74) is 0. The third-order valence-electron chi connectivity index (χ3n) is 3.76. The number of piperidine rings is 1. The lowest BCUT2D eigenvalue weighted by Crippen LogP contribution is -2.46. The van der Waals surface area contributed by atoms with Gasteiger partial charge in [-0.2, -0.15) is 0 Å². The van der Waals surface area contributed by atoms with E-state index in [-0.39, 0.29) is 23.8 Å². The molecule has 2 N–H and O–H groups in total. The highest BCUT2D eigenvalue weighted by atomic mass is 16.2. The fourth-order valence-corrected chi connectivity index (χ4v) is 2.41. The topological polar surface area (TPSA) is 58.2 Å². The van der Waals surface area contributed by atoms with Crippen LogP contribution in [0.2, 0.25) is 0 Å². The Hall–Kier alpha value is -1.06. The summed E-state index contributed by atoms with van der Waals surface area (Å²) >= 11 is 0. The van der Waals surface area contributed by atoms with Crippen LogP contribution in [0.4, 0.5) is 0 Å². The molecule has 4 heteroatoms. The highest BCUT2D eigenvalue weighted by molar-refractivity contribution is 5.83. The van der Waals surface area contributed by atoms with Crippen LogP contribution in [-0.2, 0) is 9.59 Å². The number of carbonyl (C=O) groups excluding carboxylic acids is 2. The molecule has 1 saturated heterocycles. The van der Waals surface area contributed by atoms with Gasteiger partial charge in [0.2, 0.25) is 11.8 Å². The van der Waals surface area contributed by atoms with Crippen LogP contribution in [0.3, 0.4) is 0 Å². The summed E-state index contributed by atoms with van der Waals surface area (Å²) in [6.07, 6.45) is 3.31. The second-order valence-electron chi connectivity index (χ2n) is 4.91. The van der Waals surface area contributed by atoms with Crippen LogP contribution in [0.25, 0.3) is 0 Å². The van der Waals surface area contributed by atoms with Crippen molar-refractivity contribution >= 4 is 11.8 Å². The Bertz CT molecular complexity index is 265. The molecule has 0 spiro atoms. The molecule has 2 unspecified atom stereocenters. The summed E-state index contributed by atoms with van der Waals surface area (Å²) in [6.45, 7) is 6.85. The largest absolute Gasteiger partial charge is 0.355 e. The van der Waals surface area contributed by atoms with Gasteiger partial charge in [-0.25, -0.2) is 0 Å². The summed E-state index contributed by atoms with van der Waals surface area (Å²) < 4.78 is 0. The molecule has 0 aromatic rings. The lowest BCUT2D eigenvalue weighted by Gasteiger charge is -2.27. The average Bonchev–Trinajstić information content (AvgIpc) is 2.31. The second kappa shape index (κ2) is 6.62. The third-order valence-corrected chi connectivity index (χ3v) is 3.76. The summed E-state index contributed by atoms with van der Waals surface area (Å²) in [5, 5.41) is 5.82. The van der Waals surface area contributed by atoms with Gasteiger partial charge >= 0.3 is 0 Å². The van der Waals surface area contributed by atoms with Crippen molar-refractivity contribution in [1.82, 2.24) is 10.6 Å². The Balaban J connectivity index is 2.40. The molecule has 17 heavy (non-hydrogen) atoms. The van der Waals surface area contributed by atoms with Crippen LogP contribution in [0.1, 0.15) is 46.5 Å². The van der Waals surface area contributed by atoms with Crippen molar-refractivity contribution in [3.8, 4) is 0 Å². The van der Waals surface area contributed by atoms with E-state index in [9.17, 15) is 9.59 Å². The molecule has 98 valence electrons. The predicted octanol–water partition coefficient (Wildman–Crippen LogP) is 1.45. The van der Waals surface area contributed by atoms with E-state index in [2.05, 4.69) is 31.4 Å². The van der Waals surface area contributed by atoms with E-state index in [1.807, 2.05) is 0 Å². The molecule has 0 aliphatic carbocycles. The number of nitrogens with one attached hydrogen (secondary N) is 2. The first kappa shape index (κ1) is 14.0. The van der Waals surface area contributed by atoms with Crippen LogP contribution >= 0.6 is 0 Å². The quantitative estimate of drug-likeness (QED) is 0.764. The first-order valence-corrected chi connectivity index (χ1v) is 6.65. The molecule has 4 nitrogen and oxygen atoms in total. The lowest BCUT2D eigenvalue weighted by molar-refractivity contribution is -0.129.